The highest BCUT2D eigenvalue weighted by Gasteiger charge is 2.30. The van der Waals surface area contributed by atoms with Gasteiger partial charge in [0.15, 0.2) is 0 Å². The van der Waals surface area contributed by atoms with E-state index >= 15 is 0 Å². The molecule has 1 atom stereocenters. The summed E-state index contributed by atoms with van der Waals surface area (Å²) < 4.78 is 0. The molecule has 0 aromatic heterocycles. The summed E-state index contributed by atoms with van der Waals surface area (Å²) in [6.07, 6.45) is 0. The maximum absolute atomic E-state index is 12.1. The van der Waals surface area contributed by atoms with Gasteiger partial charge in [-0.1, -0.05) is 17.7 Å². The zero-order valence-corrected chi connectivity index (χ0v) is 11.4. The average molecular weight is 268 g/mol. The molecular formula is C13H18ClN3O. The number of hydrogen-bond acceptors (Lipinski definition) is 3. The lowest BCUT2D eigenvalue weighted by Gasteiger charge is -2.39. The normalized spacial score (nSPS) is 21.4. The van der Waals surface area contributed by atoms with Crippen molar-refractivity contribution in [2.24, 2.45) is 5.73 Å². The standard InChI is InChI=1S/C13H18ClN3O/c1-9-3-4-10(14)5-12(9)17-7-11(6-15)16(2)8-13(17)18/h3-5,11H,6-8,15H2,1-2H3. The lowest BCUT2D eigenvalue weighted by Crippen LogP contribution is -2.57. The average Bonchev–Trinajstić information content (AvgIpc) is 2.33. The molecule has 5 heteroatoms. The number of amides is 1. The molecule has 1 heterocycles. The van der Waals surface area contributed by atoms with Crippen LogP contribution in [0.5, 0.6) is 0 Å². The monoisotopic (exact) mass is 267 g/mol. The number of halogens is 1. The van der Waals surface area contributed by atoms with Gasteiger partial charge in [0.05, 0.1) is 6.54 Å². The second-order valence-corrected chi connectivity index (χ2v) is 5.18. The number of rotatable bonds is 2. The molecule has 1 aliphatic heterocycles. The van der Waals surface area contributed by atoms with Gasteiger partial charge in [0, 0.05) is 29.8 Å². The first-order valence-electron chi connectivity index (χ1n) is 5.99. The van der Waals surface area contributed by atoms with Crippen molar-refractivity contribution in [3.63, 3.8) is 0 Å². The fourth-order valence-electron chi connectivity index (χ4n) is 2.24. The maximum Gasteiger partial charge on any atom is 0.241 e. The van der Waals surface area contributed by atoms with Gasteiger partial charge in [0.1, 0.15) is 0 Å². The predicted octanol–water partition coefficient (Wildman–Crippen LogP) is 1.25. The second kappa shape index (κ2) is 5.26. The van der Waals surface area contributed by atoms with E-state index in [1.807, 2.05) is 37.1 Å². The zero-order chi connectivity index (χ0) is 13.3. The highest BCUT2D eigenvalue weighted by atomic mass is 35.5. The number of aryl methyl sites for hydroxylation is 1. The van der Waals surface area contributed by atoms with Gasteiger partial charge in [-0.2, -0.15) is 0 Å². The van der Waals surface area contributed by atoms with Crippen molar-refractivity contribution in [2.75, 3.05) is 31.6 Å². The van der Waals surface area contributed by atoms with Gasteiger partial charge in [0.25, 0.3) is 0 Å². The summed E-state index contributed by atoms with van der Waals surface area (Å²) in [7, 11) is 1.93. The molecule has 1 saturated heterocycles. The van der Waals surface area contributed by atoms with Crippen molar-refractivity contribution >= 4 is 23.2 Å². The van der Waals surface area contributed by atoms with E-state index in [0.717, 1.165) is 11.3 Å². The quantitative estimate of drug-likeness (QED) is 0.878. The van der Waals surface area contributed by atoms with E-state index in [4.69, 9.17) is 17.3 Å². The first kappa shape index (κ1) is 13.3. The number of carbonyl (C=O) groups excluding carboxylic acids is 1. The fourth-order valence-corrected chi connectivity index (χ4v) is 2.41. The number of anilines is 1. The molecule has 18 heavy (non-hydrogen) atoms. The van der Waals surface area contributed by atoms with Gasteiger partial charge in [-0.3, -0.25) is 9.69 Å². The fraction of sp³-hybridized carbons (Fsp3) is 0.462. The Morgan fingerprint density at radius 2 is 2.22 bits per heavy atom. The largest absolute Gasteiger partial charge is 0.329 e. The molecule has 2 rings (SSSR count). The third-order valence-corrected chi connectivity index (χ3v) is 3.67. The summed E-state index contributed by atoms with van der Waals surface area (Å²) in [6, 6.07) is 5.80. The van der Waals surface area contributed by atoms with Crippen LogP contribution in [-0.2, 0) is 4.79 Å². The number of benzene rings is 1. The molecule has 1 aromatic carbocycles. The minimum Gasteiger partial charge on any atom is -0.329 e. The topological polar surface area (TPSA) is 49.6 Å². The lowest BCUT2D eigenvalue weighted by atomic mass is 10.1. The molecule has 98 valence electrons. The molecule has 4 nitrogen and oxygen atoms in total. The van der Waals surface area contributed by atoms with Crippen molar-refractivity contribution in [2.45, 2.75) is 13.0 Å². The van der Waals surface area contributed by atoms with Crippen LogP contribution in [0.1, 0.15) is 5.56 Å². The number of hydrogen-bond donors (Lipinski definition) is 1. The van der Waals surface area contributed by atoms with Gasteiger partial charge in [0.2, 0.25) is 5.91 Å². The molecule has 1 amide bonds. The molecule has 0 bridgehead atoms. The number of nitrogens with zero attached hydrogens (tertiary/aromatic N) is 2. The molecule has 0 radical (unpaired) electrons. The SMILES string of the molecule is Cc1ccc(Cl)cc1N1CC(CN)N(C)CC1=O. The zero-order valence-electron chi connectivity index (χ0n) is 10.7. The lowest BCUT2D eigenvalue weighted by molar-refractivity contribution is -0.121. The number of piperazine rings is 1. The Balaban J connectivity index is 2.31. The van der Waals surface area contributed by atoms with Crippen LogP contribution in [0.4, 0.5) is 5.69 Å². The van der Waals surface area contributed by atoms with Gasteiger partial charge in [-0.05, 0) is 31.7 Å². The van der Waals surface area contributed by atoms with Crippen LogP contribution in [0, 0.1) is 6.92 Å². The Bertz CT molecular complexity index is 464. The summed E-state index contributed by atoms with van der Waals surface area (Å²) >= 11 is 6.01. The van der Waals surface area contributed by atoms with E-state index in [9.17, 15) is 4.79 Å². The van der Waals surface area contributed by atoms with Gasteiger partial charge < -0.3 is 10.6 Å². The van der Waals surface area contributed by atoms with E-state index in [1.165, 1.54) is 0 Å². The number of nitrogens with two attached hydrogens (primary N) is 1. The Hall–Kier alpha value is -1.10. The summed E-state index contributed by atoms with van der Waals surface area (Å²) in [5, 5.41) is 0.645. The predicted molar refractivity (Wildman–Crippen MR) is 74.0 cm³/mol. The Kier molecular flexibility index (Phi) is 3.90. The summed E-state index contributed by atoms with van der Waals surface area (Å²) in [6.45, 7) is 3.54. The van der Waals surface area contributed by atoms with Crippen LogP contribution >= 0.6 is 11.6 Å². The third-order valence-electron chi connectivity index (χ3n) is 3.44. The second-order valence-electron chi connectivity index (χ2n) is 4.74. The van der Waals surface area contributed by atoms with Crippen molar-refractivity contribution in [3.05, 3.63) is 28.8 Å². The van der Waals surface area contributed by atoms with E-state index in [1.54, 1.807) is 4.90 Å². The van der Waals surface area contributed by atoms with Crippen molar-refractivity contribution in [1.29, 1.82) is 0 Å². The van der Waals surface area contributed by atoms with Gasteiger partial charge in [-0.15, -0.1) is 0 Å². The Labute approximate surface area is 112 Å². The van der Waals surface area contributed by atoms with Crippen LogP contribution in [0.15, 0.2) is 18.2 Å². The summed E-state index contributed by atoms with van der Waals surface area (Å²) in [5.74, 6) is 0.0903. The molecule has 2 N–H and O–H groups in total. The molecular weight excluding hydrogens is 250 g/mol. The molecule has 0 spiro atoms. The first-order chi connectivity index (χ1) is 8.52. The Morgan fingerprint density at radius 1 is 1.50 bits per heavy atom. The number of carbonyl (C=O) groups is 1. The molecule has 1 fully saturated rings. The number of likely N-dealkylation sites (N-methyl/N-ethyl adjacent to an activating group) is 1. The van der Waals surface area contributed by atoms with Crippen LogP contribution < -0.4 is 10.6 Å². The van der Waals surface area contributed by atoms with E-state index in [-0.39, 0.29) is 11.9 Å². The molecule has 0 saturated carbocycles. The molecule has 1 unspecified atom stereocenters. The minimum atomic E-state index is 0.0903. The summed E-state index contributed by atoms with van der Waals surface area (Å²) in [5.41, 5.74) is 7.68. The van der Waals surface area contributed by atoms with Crippen molar-refractivity contribution < 1.29 is 4.79 Å². The van der Waals surface area contributed by atoms with Crippen molar-refractivity contribution in [1.82, 2.24) is 4.90 Å². The third kappa shape index (κ3) is 2.51. The molecule has 1 aliphatic rings. The maximum atomic E-state index is 12.1. The van der Waals surface area contributed by atoms with Gasteiger partial charge >= 0.3 is 0 Å². The highest BCUT2D eigenvalue weighted by molar-refractivity contribution is 6.31. The van der Waals surface area contributed by atoms with Crippen molar-refractivity contribution in [3.8, 4) is 0 Å². The van der Waals surface area contributed by atoms with Crippen LogP contribution in [0.25, 0.3) is 0 Å². The van der Waals surface area contributed by atoms with E-state index in [0.29, 0.717) is 24.7 Å². The minimum absolute atomic E-state index is 0.0903. The first-order valence-corrected chi connectivity index (χ1v) is 6.37. The van der Waals surface area contributed by atoms with Gasteiger partial charge in [-0.25, -0.2) is 0 Å². The van der Waals surface area contributed by atoms with Crippen LogP contribution in [0.2, 0.25) is 5.02 Å². The van der Waals surface area contributed by atoms with Crippen LogP contribution in [-0.4, -0.2) is 43.5 Å². The molecule has 1 aromatic rings. The highest BCUT2D eigenvalue weighted by Crippen LogP contribution is 2.26. The summed E-state index contributed by atoms with van der Waals surface area (Å²) in [4.78, 5) is 15.9. The van der Waals surface area contributed by atoms with E-state index in [2.05, 4.69) is 0 Å². The smallest absolute Gasteiger partial charge is 0.241 e. The Morgan fingerprint density at radius 3 is 2.89 bits per heavy atom. The molecule has 0 aliphatic carbocycles. The van der Waals surface area contributed by atoms with Crippen LogP contribution in [0.3, 0.4) is 0 Å². The van der Waals surface area contributed by atoms with E-state index < -0.39 is 0 Å².